The van der Waals surface area contributed by atoms with Crippen LogP contribution in [-0.2, 0) is 4.74 Å². The molecule has 0 spiro atoms. The third-order valence-corrected chi connectivity index (χ3v) is 2.52. The highest BCUT2D eigenvalue weighted by atomic mass is 16.5. The van der Waals surface area contributed by atoms with Crippen LogP contribution in [0.5, 0.6) is 0 Å². The minimum Gasteiger partial charge on any atom is -0.377 e. The Bertz CT molecular complexity index is 116. The van der Waals surface area contributed by atoms with Gasteiger partial charge in [-0.05, 0) is 25.8 Å². The quantitative estimate of drug-likeness (QED) is 0.700. The van der Waals surface area contributed by atoms with Crippen molar-refractivity contribution in [2.24, 2.45) is 0 Å². The van der Waals surface area contributed by atoms with Crippen molar-refractivity contribution in [1.29, 1.82) is 0 Å². The predicted molar refractivity (Wildman–Crippen MR) is 51.3 cm³/mol. The first kappa shape index (κ1) is 10.0. The number of hydrogen-bond donors (Lipinski definition) is 1. The van der Waals surface area contributed by atoms with E-state index in [4.69, 9.17) is 4.74 Å². The van der Waals surface area contributed by atoms with E-state index in [0.29, 0.717) is 12.1 Å². The highest BCUT2D eigenvalue weighted by Gasteiger charge is 2.21. The summed E-state index contributed by atoms with van der Waals surface area (Å²) in [6.07, 6.45) is 5.23. The molecule has 0 saturated carbocycles. The fourth-order valence-electron chi connectivity index (χ4n) is 1.82. The summed E-state index contributed by atoms with van der Waals surface area (Å²) >= 11 is 0. The molecule has 72 valence electrons. The van der Waals surface area contributed by atoms with Gasteiger partial charge in [0.05, 0.1) is 6.10 Å². The topological polar surface area (TPSA) is 21.3 Å². The molecule has 1 N–H and O–H groups in total. The fourth-order valence-corrected chi connectivity index (χ4v) is 1.82. The first-order valence-electron chi connectivity index (χ1n) is 5.23. The standard InChI is InChI=1S/C10H21NO/c1-3-6-10-9(4-2)11-7-5-8-12-10/h9-11H,3-8H2,1-2H3. The smallest absolute Gasteiger partial charge is 0.0727 e. The molecular formula is C10H21NO. The van der Waals surface area contributed by atoms with Crippen LogP contribution in [0.15, 0.2) is 0 Å². The summed E-state index contributed by atoms with van der Waals surface area (Å²) in [5, 5.41) is 3.54. The Morgan fingerprint density at radius 3 is 2.92 bits per heavy atom. The maximum absolute atomic E-state index is 5.78. The molecule has 0 bridgehead atoms. The normalized spacial score (nSPS) is 31.5. The van der Waals surface area contributed by atoms with E-state index in [1.807, 2.05) is 0 Å². The van der Waals surface area contributed by atoms with Crippen molar-refractivity contribution in [2.45, 2.75) is 51.7 Å². The fraction of sp³-hybridized carbons (Fsp3) is 1.00. The molecule has 0 aliphatic carbocycles. The largest absolute Gasteiger partial charge is 0.377 e. The van der Waals surface area contributed by atoms with Crippen molar-refractivity contribution < 1.29 is 4.74 Å². The molecule has 1 heterocycles. The van der Waals surface area contributed by atoms with E-state index < -0.39 is 0 Å². The zero-order valence-corrected chi connectivity index (χ0v) is 8.31. The van der Waals surface area contributed by atoms with Crippen molar-refractivity contribution in [2.75, 3.05) is 13.2 Å². The zero-order chi connectivity index (χ0) is 8.81. The van der Waals surface area contributed by atoms with E-state index in [9.17, 15) is 0 Å². The van der Waals surface area contributed by atoms with E-state index in [-0.39, 0.29) is 0 Å². The Hall–Kier alpha value is -0.0800. The van der Waals surface area contributed by atoms with Gasteiger partial charge in [0.2, 0.25) is 0 Å². The molecule has 0 aromatic heterocycles. The van der Waals surface area contributed by atoms with Gasteiger partial charge < -0.3 is 10.1 Å². The molecule has 1 fully saturated rings. The summed E-state index contributed by atoms with van der Waals surface area (Å²) in [6, 6.07) is 0.590. The van der Waals surface area contributed by atoms with Crippen molar-refractivity contribution in [1.82, 2.24) is 5.32 Å². The van der Waals surface area contributed by atoms with E-state index in [2.05, 4.69) is 19.2 Å². The van der Waals surface area contributed by atoms with Crippen LogP contribution in [0, 0.1) is 0 Å². The molecule has 12 heavy (non-hydrogen) atoms. The van der Waals surface area contributed by atoms with Crippen LogP contribution in [-0.4, -0.2) is 25.3 Å². The lowest BCUT2D eigenvalue weighted by Crippen LogP contribution is -2.38. The lowest BCUT2D eigenvalue weighted by Gasteiger charge is -2.23. The molecular weight excluding hydrogens is 150 g/mol. The summed E-state index contributed by atoms with van der Waals surface area (Å²) in [6.45, 7) is 6.52. The van der Waals surface area contributed by atoms with Gasteiger partial charge in [0.25, 0.3) is 0 Å². The van der Waals surface area contributed by atoms with Crippen LogP contribution in [0.25, 0.3) is 0 Å². The van der Waals surface area contributed by atoms with Gasteiger partial charge >= 0.3 is 0 Å². The van der Waals surface area contributed by atoms with E-state index >= 15 is 0 Å². The average molecular weight is 171 g/mol. The molecule has 1 aliphatic rings. The number of nitrogens with one attached hydrogen (secondary N) is 1. The first-order chi connectivity index (χ1) is 5.88. The van der Waals surface area contributed by atoms with Gasteiger partial charge in [-0.25, -0.2) is 0 Å². The molecule has 2 heteroatoms. The van der Waals surface area contributed by atoms with Gasteiger partial charge in [-0.3, -0.25) is 0 Å². The molecule has 0 aromatic carbocycles. The molecule has 1 rings (SSSR count). The lowest BCUT2D eigenvalue weighted by molar-refractivity contribution is 0.0357. The first-order valence-corrected chi connectivity index (χ1v) is 5.23. The second-order valence-electron chi connectivity index (χ2n) is 3.52. The van der Waals surface area contributed by atoms with Gasteiger partial charge in [0.15, 0.2) is 0 Å². The van der Waals surface area contributed by atoms with Crippen molar-refractivity contribution >= 4 is 0 Å². The van der Waals surface area contributed by atoms with E-state index in [0.717, 1.165) is 19.6 Å². The van der Waals surface area contributed by atoms with Crippen LogP contribution in [0.4, 0.5) is 0 Å². The maximum Gasteiger partial charge on any atom is 0.0727 e. The van der Waals surface area contributed by atoms with Crippen molar-refractivity contribution in [3.05, 3.63) is 0 Å². The third kappa shape index (κ3) is 2.76. The molecule has 2 atom stereocenters. The Morgan fingerprint density at radius 1 is 1.42 bits per heavy atom. The van der Waals surface area contributed by atoms with Crippen LogP contribution >= 0.6 is 0 Å². The summed E-state index contributed by atoms with van der Waals surface area (Å²) in [5.41, 5.74) is 0. The highest BCUT2D eigenvalue weighted by Crippen LogP contribution is 2.13. The SMILES string of the molecule is CCCC1OCCCNC1CC. The number of rotatable bonds is 3. The van der Waals surface area contributed by atoms with Gasteiger partial charge in [0.1, 0.15) is 0 Å². The monoisotopic (exact) mass is 171 g/mol. The maximum atomic E-state index is 5.78. The Labute approximate surface area is 75.7 Å². The minimum absolute atomic E-state index is 0.461. The van der Waals surface area contributed by atoms with Crippen molar-refractivity contribution in [3.63, 3.8) is 0 Å². The number of ether oxygens (including phenoxy) is 1. The van der Waals surface area contributed by atoms with Crippen LogP contribution in [0.1, 0.15) is 39.5 Å². The van der Waals surface area contributed by atoms with Crippen LogP contribution < -0.4 is 5.32 Å². The molecule has 1 aliphatic heterocycles. The minimum atomic E-state index is 0.461. The summed E-state index contributed by atoms with van der Waals surface area (Å²) < 4.78 is 5.78. The highest BCUT2D eigenvalue weighted by molar-refractivity contribution is 4.77. The van der Waals surface area contributed by atoms with Crippen molar-refractivity contribution in [3.8, 4) is 0 Å². The number of hydrogen-bond acceptors (Lipinski definition) is 2. The zero-order valence-electron chi connectivity index (χ0n) is 8.31. The Balaban J connectivity index is 2.39. The Kier molecular flexibility index (Phi) is 4.62. The molecule has 0 amide bonds. The van der Waals surface area contributed by atoms with Gasteiger partial charge in [-0.1, -0.05) is 20.3 Å². The molecule has 1 saturated heterocycles. The molecule has 2 nitrogen and oxygen atoms in total. The molecule has 0 radical (unpaired) electrons. The van der Waals surface area contributed by atoms with E-state index in [1.165, 1.54) is 19.3 Å². The summed E-state index contributed by atoms with van der Waals surface area (Å²) in [7, 11) is 0. The van der Waals surface area contributed by atoms with Gasteiger partial charge in [-0.2, -0.15) is 0 Å². The third-order valence-electron chi connectivity index (χ3n) is 2.52. The predicted octanol–water partition coefficient (Wildman–Crippen LogP) is 1.94. The summed E-state index contributed by atoms with van der Waals surface area (Å²) in [5.74, 6) is 0. The molecule has 2 unspecified atom stereocenters. The van der Waals surface area contributed by atoms with Gasteiger partial charge in [-0.15, -0.1) is 0 Å². The van der Waals surface area contributed by atoms with Crippen LogP contribution in [0.3, 0.4) is 0 Å². The second-order valence-corrected chi connectivity index (χ2v) is 3.52. The summed E-state index contributed by atoms with van der Waals surface area (Å²) in [4.78, 5) is 0. The average Bonchev–Trinajstić information content (AvgIpc) is 2.30. The molecule has 0 aromatic rings. The van der Waals surface area contributed by atoms with Crippen LogP contribution in [0.2, 0.25) is 0 Å². The lowest BCUT2D eigenvalue weighted by atomic mass is 10.0. The van der Waals surface area contributed by atoms with E-state index in [1.54, 1.807) is 0 Å². The Morgan fingerprint density at radius 2 is 2.25 bits per heavy atom. The second kappa shape index (κ2) is 5.55. The van der Waals surface area contributed by atoms with Gasteiger partial charge in [0, 0.05) is 12.6 Å².